The summed E-state index contributed by atoms with van der Waals surface area (Å²) in [6.07, 6.45) is -0.275. The average Bonchev–Trinajstić information content (AvgIpc) is 2.92. The van der Waals surface area contributed by atoms with Crippen molar-refractivity contribution < 1.29 is 35.9 Å². The molecule has 2 nitrogen and oxygen atoms in total. The number of carbonyl (C=O) groups excluding carboxylic acids is 1. The topological polar surface area (TPSA) is 26.3 Å². The van der Waals surface area contributed by atoms with Gasteiger partial charge in [0, 0.05) is 23.8 Å². The van der Waals surface area contributed by atoms with Crippen LogP contribution in [0, 0.1) is 17.5 Å². The Kier molecular flexibility index (Phi) is 9.32. The molecule has 0 aromatic heterocycles. The van der Waals surface area contributed by atoms with Crippen LogP contribution in [0.5, 0.6) is 5.75 Å². The summed E-state index contributed by atoms with van der Waals surface area (Å²) in [5.74, 6) is -5.52. The average molecular weight is 569 g/mol. The van der Waals surface area contributed by atoms with E-state index in [1.807, 2.05) is 24.3 Å². The molecule has 0 fully saturated rings. The molecule has 4 aromatic rings. The van der Waals surface area contributed by atoms with Gasteiger partial charge in [-0.05, 0) is 58.9 Å². The molecule has 212 valence electrons. The molecule has 4 rings (SSSR count). The zero-order chi connectivity index (χ0) is 29.6. The number of rotatable bonds is 9. The van der Waals surface area contributed by atoms with Crippen molar-refractivity contribution in [2.75, 3.05) is 0 Å². The summed E-state index contributed by atoms with van der Waals surface area (Å²) in [5.41, 5.74) is 3.10. The maximum atomic E-state index is 14.9. The highest BCUT2D eigenvalue weighted by molar-refractivity contribution is 5.92. The van der Waals surface area contributed by atoms with Crippen LogP contribution in [0.2, 0.25) is 0 Å². The molecule has 0 aliphatic carbocycles. The van der Waals surface area contributed by atoms with E-state index in [1.54, 1.807) is 0 Å². The molecule has 0 unspecified atom stereocenters. The Bertz CT molecular complexity index is 1510. The molecular weight excluding hydrogens is 542 g/mol. The molecule has 0 saturated carbocycles. The van der Waals surface area contributed by atoms with E-state index < -0.39 is 46.5 Å². The maximum absolute atomic E-state index is 14.9. The number of ether oxygens (including phenoxy) is 1. The molecule has 0 atom stereocenters. The minimum atomic E-state index is -4.77. The molecule has 0 heterocycles. The van der Waals surface area contributed by atoms with E-state index in [0.29, 0.717) is 23.3 Å². The van der Waals surface area contributed by atoms with Crippen molar-refractivity contribution >= 4 is 12.0 Å². The number of halogens is 6. The Balaban J connectivity index is 1.45. The monoisotopic (exact) mass is 568 g/mol. The quantitative estimate of drug-likeness (QED) is 0.0869. The Labute approximate surface area is 233 Å². The number of benzene rings is 4. The summed E-state index contributed by atoms with van der Waals surface area (Å²) in [6.45, 7) is 2.17. The second-order valence-corrected chi connectivity index (χ2v) is 9.49. The van der Waals surface area contributed by atoms with Crippen LogP contribution in [0.4, 0.5) is 26.3 Å². The first kappa shape index (κ1) is 29.6. The Morgan fingerprint density at radius 3 is 1.80 bits per heavy atom. The number of aryl methyl sites for hydroxylation is 1. The van der Waals surface area contributed by atoms with E-state index >= 15 is 0 Å². The van der Waals surface area contributed by atoms with Gasteiger partial charge >= 0.3 is 12.1 Å². The number of hydrogen-bond acceptors (Lipinski definition) is 2. The highest BCUT2D eigenvalue weighted by atomic mass is 19.4. The lowest BCUT2D eigenvalue weighted by Crippen LogP contribution is -2.11. The molecule has 4 aromatic carbocycles. The maximum Gasteiger partial charge on any atom is 0.409 e. The Morgan fingerprint density at radius 2 is 1.27 bits per heavy atom. The van der Waals surface area contributed by atoms with Crippen molar-refractivity contribution in [3.63, 3.8) is 0 Å². The molecule has 0 amide bonds. The predicted molar refractivity (Wildman–Crippen MR) is 147 cm³/mol. The third kappa shape index (κ3) is 7.87. The van der Waals surface area contributed by atoms with E-state index in [4.69, 9.17) is 4.74 Å². The lowest BCUT2D eigenvalue weighted by atomic mass is 9.98. The van der Waals surface area contributed by atoms with Gasteiger partial charge in [0.25, 0.3) is 0 Å². The Hall–Kier alpha value is -4.33. The molecule has 8 heteroatoms. The first-order valence-electron chi connectivity index (χ1n) is 13.0. The minimum absolute atomic E-state index is 0.229. The highest BCUT2D eigenvalue weighted by Crippen LogP contribution is 2.28. The molecule has 0 spiro atoms. The summed E-state index contributed by atoms with van der Waals surface area (Å²) in [7, 11) is 0. The number of esters is 1. The number of hydrogen-bond donors (Lipinski definition) is 0. The number of unbranched alkanes of at least 4 members (excludes halogenated alkanes) is 2. The molecule has 41 heavy (non-hydrogen) atoms. The second-order valence-electron chi connectivity index (χ2n) is 9.49. The van der Waals surface area contributed by atoms with Crippen molar-refractivity contribution in [1.82, 2.24) is 0 Å². The van der Waals surface area contributed by atoms with Crippen molar-refractivity contribution in [2.24, 2.45) is 0 Å². The fourth-order valence-corrected chi connectivity index (χ4v) is 4.28. The molecule has 0 saturated heterocycles. The molecule has 0 bridgehead atoms. The third-order valence-corrected chi connectivity index (χ3v) is 6.47. The molecule has 0 N–H and O–H groups in total. The zero-order valence-corrected chi connectivity index (χ0v) is 22.1. The van der Waals surface area contributed by atoms with Gasteiger partial charge in [0.2, 0.25) is 0 Å². The van der Waals surface area contributed by atoms with Crippen molar-refractivity contribution in [3.05, 3.63) is 119 Å². The highest BCUT2D eigenvalue weighted by Gasteiger charge is 2.23. The van der Waals surface area contributed by atoms with E-state index in [9.17, 15) is 31.1 Å². The number of carbonyl (C=O) groups is 1. The summed E-state index contributed by atoms with van der Waals surface area (Å²) in [5, 5.41) is 0. The first-order valence-corrected chi connectivity index (χ1v) is 13.0. The van der Waals surface area contributed by atoms with Gasteiger partial charge < -0.3 is 4.74 Å². The largest absolute Gasteiger partial charge is 0.423 e. The van der Waals surface area contributed by atoms with Gasteiger partial charge in [-0.15, -0.1) is 0 Å². The van der Waals surface area contributed by atoms with Gasteiger partial charge in [-0.2, -0.15) is 13.2 Å². The minimum Gasteiger partial charge on any atom is -0.423 e. The normalized spacial score (nSPS) is 11.7. The van der Waals surface area contributed by atoms with E-state index in [2.05, 4.69) is 31.2 Å². The number of alkyl halides is 3. The van der Waals surface area contributed by atoms with Gasteiger partial charge in [-0.1, -0.05) is 74.4 Å². The van der Waals surface area contributed by atoms with E-state index in [1.165, 1.54) is 30.5 Å². The van der Waals surface area contributed by atoms with Crippen molar-refractivity contribution in [1.29, 1.82) is 0 Å². The number of allylic oxidation sites excluding steroid dienone is 1. The van der Waals surface area contributed by atoms with Crippen molar-refractivity contribution in [2.45, 2.75) is 38.8 Å². The lowest BCUT2D eigenvalue weighted by Gasteiger charge is -2.10. The van der Waals surface area contributed by atoms with Crippen LogP contribution < -0.4 is 4.74 Å². The van der Waals surface area contributed by atoms with E-state index in [-0.39, 0.29) is 12.2 Å². The summed E-state index contributed by atoms with van der Waals surface area (Å²) >= 11 is 0. The molecule has 0 radical (unpaired) electrons. The van der Waals surface area contributed by atoms with Gasteiger partial charge in [-0.25, -0.2) is 18.0 Å². The van der Waals surface area contributed by atoms with E-state index in [0.717, 1.165) is 30.0 Å². The standard InChI is InChI=1S/C33H26F6O2/c1-2-3-4-5-21-6-8-22(9-7-21)23-10-12-24(13-11-23)25-14-15-28(29(34)18-25)32(40)41-26-19-30(35)27(31(36)20-26)16-17-33(37,38)39/h6-20H,2-5H2,1H3/b17-16+. The third-order valence-electron chi connectivity index (χ3n) is 6.47. The van der Waals surface area contributed by atoms with Crippen LogP contribution in [-0.4, -0.2) is 12.1 Å². The summed E-state index contributed by atoms with van der Waals surface area (Å²) in [4.78, 5) is 12.5. The molecule has 0 aliphatic heterocycles. The van der Waals surface area contributed by atoms with Gasteiger partial charge in [0.05, 0.1) is 5.56 Å². The van der Waals surface area contributed by atoms with Gasteiger partial charge in [-0.3, -0.25) is 0 Å². The Morgan fingerprint density at radius 1 is 0.732 bits per heavy atom. The fraction of sp³-hybridized carbons (Fsp3) is 0.182. The summed E-state index contributed by atoms with van der Waals surface area (Å²) in [6, 6.07) is 20.8. The predicted octanol–water partition coefficient (Wildman–Crippen LogP) is 9.97. The molecule has 0 aliphatic rings. The lowest BCUT2D eigenvalue weighted by molar-refractivity contribution is -0.0790. The van der Waals surface area contributed by atoms with Crippen LogP contribution in [-0.2, 0) is 6.42 Å². The zero-order valence-electron chi connectivity index (χ0n) is 22.1. The van der Waals surface area contributed by atoms with Gasteiger partial charge in [0.15, 0.2) is 0 Å². The fourth-order valence-electron chi connectivity index (χ4n) is 4.28. The first-order chi connectivity index (χ1) is 19.5. The van der Waals surface area contributed by atoms with Crippen molar-refractivity contribution in [3.8, 4) is 28.0 Å². The smallest absolute Gasteiger partial charge is 0.409 e. The van der Waals surface area contributed by atoms with Crippen LogP contribution in [0.15, 0.2) is 84.9 Å². The second kappa shape index (κ2) is 12.9. The van der Waals surface area contributed by atoms with Crippen LogP contribution in [0.25, 0.3) is 28.3 Å². The van der Waals surface area contributed by atoms with Crippen LogP contribution in [0.3, 0.4) is 0 Å². The van der Waals surface area contributed by atoms with Gasteiger partial charge in [0.1, 0.15) is 23.2 Å². The SMILES string of the molecule is CCCCCc1ccc(-c2ccc(-c3ccc(C(=O)Oc4cc(F)c(/C=C/C(F)(F)F)c(F)c4)c(F)c3)cc2)cc1. The van der Waals surface area contributed by atoms with Crippen LogP contribution in [0.1, 0.15) is 47.7 Å². The van der Waals surface area contributed by atoms with Crippen LogP contribution >= 0.6 is 0 Å². The molecular formula is C33H26F6O2. The summed E-state index contributed by atoms with van der Waals surface area (Å²) < 4.78 is 85.0.